The number of carbonyl (C=O) groups is 1. The third kappa shape index (κ3) is 2.75. The van der Waals surface area contributed by atoms with Crippen LogP contribution in [0.1, 0.15) is 24.3 Å². The van der Waals surface area contributed by atoms with Crippen molar-refractivity contribution < 1.29 is 4.79 Å². The van der Waals surface area contributed by atoms with E-state index in [4.69, 9.17) is 0 Å². The van der Waals surface area contributed by atoms with E-state index in [0.29, 0.717) is 17.8 Å². The van der Waals surface area contributed by atoms with Crippen LogP contribution in [0.15, 0.2) is 18.3 Å². The monoisotopic (exact) mass is 252 g/mol. The zero-order valence-electron chi connectivity index (χ0n) is 10.7. The molecule has 1 aromatic rings. The number of nitrogens with zero attached hydrogens (tertiary/aromatic N) is 2. The fourth-order valence-electron chi connectivity index (χ4n) is 2.23. The fraction of sp³-hybridized carbons (Fsp3) is 0.615. The van der Waals surface area contributed by atoms with Gasteiger partial charge in [-0.1, -0.05) is 6.92 Å². The van der Waals surface area contributed by atoms with Crippen LogP contribution in [0.2, 0.25) is 0 Å². The first-order valence-corrected chi connectivity index (χ1v) is 7.14. The summed E-state index contributed by atoms with van der Waals surface area (Å²) in [6.45, 7) is 6.03. The number of carbonyl (C=O) groups excluding carboxylic acids is 1. The second-order valence-corrected chi connectivity index (χ2v) is 6.20. The lowest BCUT2D eigenvalue weighted by Crippen LogP contribution is -2.47. The van der Waals surface area contributed by atoms with Gasteiger partial charge in [-0.25, -0.2) is 0 Å². The normalized spacial score (nSPS) is 26.1. The minimum atomic E-state index is 0.225. The van der Waals surface area contributed by atoms with Gasteiger partial charge in [0.1, 0.15) is 0 Å². The van der Waals surface area contributed by atoms with Gasteiger partial charge in [-0.05, 0) is 19.1 Å². The molecule has 1 aromatic heterocycles. The molecule has 0 spiro atoms. The van der Waals surface area contributed by atoms with Gasteiger partial charge in [0.15, 0.2) is 5.78 Å². The zero-order valence-corrected chi connectivity index (χ0v) is 11.5. The van der Waals surface area contributed by atoms with Crippen molar-refractivity contribution in [3.63, 3.8) is 0 Å². The molecule has 2 heterocycles. The number of Topliss-reactive ketones (excluding diaryl/α,β-unsaturated/α-hetero) is 1. The Kier molecular flexibility index (Phi) is 3.94. The maximum atomic E-state index is 12.2. The lowest BCUT2D eigenvalue weighted by molar-refractivity contribution is 0.0894. The molecule has 0 bridgehead atoms. The van der Waals surface area contributed by atoms with Crippen molar-refractivity contribution in [2.75, 3.05) is 18.8 Å². The van der Waals surface area contributed by atoms with E-state index < -0.39 is 0 Å². The van der Waals surface area contributed by atoms with Crippen LogP contribution in [0, 0.1) is 0 Å². The van der Waals surface area contributed by atoms with Crippen LogP contribution < -0.4 is 0 Å². The SMILES string of the molecule is CC1SCCN(CC(=O)c2cccn2C)C1C. The van der Waals surface area contributed by atoms with Gasteiger partial charge in [-0.2, -0.15) is 11.8 Å². The van der Waals surface area contributed by atoms with Crippen molar-refractivity contribution in [2.45, 2.75) is 25.1 Å². The van der Waals surface area contributed by atoms with E-state index >= 15 is 0 Å². The van der Waals surface area contributed by atoms with Gasteiger partial charge in [0.2, 0.25) is 0 Å². The van der Waals surface area contributed by atoms with Crippen LogP contribution in [-0.4, -0.2) is 45.4 Å². The van der Waals surface area contributed by atoms with Crippen molar-refractivity contribution in [1.82, 2.24) is 9.47 Å². The van der Waals surface area contributed by atoms with Gasteiger partial charge in [-0.15, -0.1) is 0 Å². The molecule has 2 atom stereocenters. The minimum absolute atomic E-state index is 0.225. The number of hydrogen-bond donors (Lipinski definition) is 0. The number of aryl methyl sites for hydroxylation is 1. The summed E-state index contributed by atoms with van der Waals surface area (Å²) < 4.78 is 1.90. The predicted octanol–water partition coefficient (Wildman–Crippen LogP) is 2.03. The predicted molar refractivity (Wildman–Crippen MR) is 72.7 cm³/mol. The first-order valence-electron chi connectivity index (χ1n) is 6.10. The Hall–Kier alpha value is -0.740. The summed E-state index contributed by atoms with van der Waals surface area (Å²) in [7, 11) is 1.92. The first-order chi connectivity index (χ1) is 8.09. The van der Waals surface area contributed by atoms with E-state index in [0.717, 1.165) is 18.0 Å². The Morgan fingerprint density at radius 2 is 2.29 bits per heavy atom. The number of aromatic nitrogens is 1. The fourth-order valence-corrected chi connectivity index (χ4v) is 3.40. The number of ketones is 1. The molecule has 0 N–H and O–H groups in total. The van der Waals surface area contributed by atoms with Crippen molar-refractivity contribution in [1.29, 1.82) is 0 Å². The third-order valence-corrected chi connectivity index (χ3v) is 4.93. The molecule has 0 amide bonds. The molecule has 1 saturated heterocycles. The molecule has 17 heavy (non-hydrogen) atoms. The second kappa shape index (κ2) is 5.27. The van der Waals surface area contributed by atoms with Crippen molar-refractivity contribution in [2.24, 2.45) is 7.05 Å². The molecular formula is C13H20N2OS. The lowest BCUT2D eigenvalue weighted by atomic mass is 10.1. The topological polar surface area (TPSA) is 25.2 Å². The van der Waals surface area contributed by atoms with E-state index in [1.165, 1.54) is 0 Å². The maximum absolute atomic E-state index is 12.2. The minimum Gasteiger partial charge on any atom is -0.348 e. The van der Waals surface area contributed by atoms with Crippen molar-refractivity contribution in [3.8, 4) is 0 Å². The van der Waals surface area contributed by atoms with Crippen molar-refractivity contribution in [3.05, 3.63) is 24.0 Å². The Morgan fingerprint density at radius 3 is 2.94 bits per heavy atom. The standard InChI is InChI=1S/C13H20N2OS/c1-10-11(2)17-8-7-15(10)9-13(16)12-5-4-6-14(12)3/h4-6,10-11H,7-9H2,1-3H3. The van der Waals surface area contributed by atoms with E-state index in [1.54, 1.807) is 0 Å². The molecule has 2 unspecified atom stereocenters. The van der Waals surface area contributed by atoms with E-state index in [1.807, 2.05) is 41.7 Å². The molecule has 0 radical (unpaired) electrons. The second-order valence-electron chi connectivity index (χ2n) is 4.71. The number of thioether (sulfide) groups is 1. The summed E-state index contributed by atoms with van der Waals surface area (Å²) in [4.78, 5) is 14.5. The summed E-state index contributed by atoms with van der Waals surface area (Å²) in [5.41, 5.74) is 0.808. The molecule has 1 aliphatic rings. The highest BCUT2D eigenvalue weighted by Gasteiger charge is 2.27. The molecule has 94 valence electrons. The Balaban J connectivity index is 2.01. The van der Waals surface area contributed by atoms with Crippen molar-refractivity contribution >= 4 is 17.5 Å². The average molecular weight is 252 g/mol. The Labute approximate surface area is 107 Å². The highest BCUT2D eigenvalue weighted by Crippen LogP contribution is 2.24. The smallest absolute Gasteiger partial charge is 0.193 e. The summed E-state index contributed by atoms with van der Waals surface area (Å²) in [5.74, 6) is 1.36. The summed E-state index contributed by atoms with van der Waals surface area (Å²) in [6.07, 6.45) is 1.92. The van der Waals surface area contributed by atoms with Crippen LogP contribution >= 0.6 is 11.8 Å². The molecule has 0 aliphatic carbocycles. The van der Waals surface area contributed by atoms with Crippen LogP contribution in [0.4, 0.5) is 0 Å². The van der Waals surface area contributed by atoms with Crippen LogP contribution in [0.25, 0.3) is 0 Å². The highest BCUT2D eigenvalue weighted by molar-refractivity contribution is 8.00. The van der Waals surface area contributed by atoms with Crippen LogP contribution in [-0.2, 0) is 7.05 Å². The molecular weight excluding hydrogens is 232 g/mol. The van der Waals surface area contributed by atoms with Gasteiger partial charge in [0, 0.05) is 36.8 Å². The molecule has 4 heteroatoms. The van der Waals surface area contributed by atoms with E-state index in [9.17, 15) is 4.79 Å². The van der Waals surface area contributed by atoms with Gasteiger partial charge < -0.3 is 4.57 Å². The average Bonchev–Trinajstić information content (AvgIpc) is 2.71. The Bertz CT molecular complexity index is 402. The van der Waals surface area contributed by atoms with Gasteiger partial charge >= 0.3 is 0 Å². The molecule has 1 aliphatic heterocycles. The summed E-state index contributed by atoms with van der Waals surface area (Å²) >= 11 is 2.00. The summed E-state index contributed by atoms with van der Waals surface area (Å²) in [6, 6.07) is 4.30. The molecule has 1 fully saturated rings. The number of rotatable bonds is 3. The quantitative estimate of drug-likeness (QED) is 0.770. The van der Waals surface area contributed by atoms with Gasteiger partial charge in [-0.3, -0.25) is 9.69 Å². The van der Waals surface area contributed by atoms with E-state index in [-0.39, 0.29) is 5.78 Å². The van der Waals surface area contributed by atoms with E-state index in [2.05, 4.69) is 18.7 Å². The molecule has 2 rings (SSSR count). The van der Waals surface area contributed by atoms with Gasteiger partial charge in [0.25, 0.3) is 0 Å². The van der Waals surface area contributed by atoms with Gasteiger partial charge in [0.05, 0.1) is 12.2 Å². The maximum Gasteiger partial charge on any atom is 0.193 e. The molecule has 0 saturated carbocycles. The lowest BCUT2D eigenvalue weighted by Gasteiger charge is -2.36. The first kappa shape index (κ1) is 12.7. The Morgan fingerprint density at radius 1 is 1.53 bits per heavy atom. The highest BCUT2D eigenvalue weighted by atomic mass is 32.2. The number of hydrogen-bond acceptors (Lipinski definition) is 3. The van der Waals surface area contributed by atoms with Crippen LogP contribution in [0.5, 0.6) is 0 Å². The summed E-state index contributed by atoms with van der Waals surface area (Å²) in [5, 5.41) is 0.616. The largest absolute Gasteiger partial charge is 0.348 e. The molecule has 3 nitrogen and oxygen atoms in total. The molecule has 0 aromatic carbocycles. The zero-order chi connectivity index (χ0) is 12.4. The third-order valence-electron chi connectivity index (χ3n) is 3.59. The van der Waals surface area contributed by atoms with Crippen LogP contribution in [0.3, 0.4) is 0 Å².